The molecule has 1 aromatic carbocycles. The summed E-state index contributed by atoms with van der Waals surface area (Å²) in [7, 11) is -3.40. The zero-order valence-corrected chi connectivity index (χ0v) is 16.5. The third kappa shape index (κ3) is 3.46. The highest BCUT2D eigenvalue weighted by molar-refractivity contribution is 7.90. The van der Waals surface area contributed by atoms with Gasteiger partial charge in [0.1, 0.15) is 11.4 Å². The number of fused-ring (bicyclic) bond motifs is 2. The molecular formula is C20H20N4O4S. The van der Waals surface area contributed by atoms with Crippen LogP contribution >= 0.6 is 0 Å². The first kappa shape index (κ1) is 18.1. The van der Waals surface area contributed by atoms with Crippen LogP contribution in [0.2, 0.25) is 0 Å². The monoisotopic (exact) mass is 412 g/mol. The number of oxazole rings is 1. The number of para-hydroxylation sites is 2. The van der Waals surface area contributed by atoms with Gasteiger partial charge in [0.05, 0.1) is 11.3 Å². The van der Waals surface area contributed by atoms with E-state index in [1.54, 1.807) is 23.3 Å². The average Bonchev–Trinajstić information content (AvgIpc) is 3.17. The van der Waals surface area contributed by atoms with Crippen molar-refractivity contribution in [3.05, 3.63) is 54.1 Å². The zero-order chi connectivity index (χ0) is 20.0. The van der Waals surface area contributed by atoms with Crippen molar-refractivity contribution < 1.29 is 17.6 Å². The summed E-state index contributed by atoms with van der Waals surface area (Å²) in [6, 6.07) is 7.72. The highest BCUT2D eigenvalue weighted by Gasteiger charge is 2.30. The van der Waals surface area contributed by atoms with Crippen molar-refractivity contribution in [1.29, 1.82) is 0 Å². The average molecular weight is 412 g/mol. The first-order valence-electron chi connectivity index (χ1n) is 9.62. The number of hydrogen-bond donors (Lipinski definition) is 0. The van der Waals surface area contributed by atoms with E-state index in [9.17, 15) is 13.2 Å². The Kier molecular flexibility index (Phi) is 4.27. The van der Waals surface area contributed by atoms with Gasteiger partial charge in [0.25, 0.3) is 15.9 Å². The molecule has 1 amide bonds. The second-order valence-corrected chi connectivity index (χ2v) is 9.19. The van der Waals surface area contributed by atoms with Gasteiger partial charge < -0.3 is 14.2 Å². The molecule has 0 N–H and O–H groups in total. The fraction of sp³-hybridized carbons (Fsp3) is 0.350. The number of amides is 1. The summed E-state index contributed by atoms with van der Waals surface area (Å²) in [4.78, 5) is 21.1. The molecule has 2 aromatic rings. The van der Waals surface area contributed by atoms with E-state index in [1.165, 1.54) is 0 Å². The minimum Gasteiger partial charge on any atom is -0.440 e. The van der Waals surface area contributed by atoms with Gasteiger partial charge in [-0.2, -0.15) is 0 Å². The van der Waals surface area contributed by atoms with Crippen LogP contribution in [-0.2, 0) is 14.8 Å². The maximum atomic E-state index is 12.9. The van der Waals surface area contributed by atoms with E-state index in [4.69, 9.17) is 4.42 Å². The third-order valence-electron chi connectivity index (χ3n) is 5.51. The highest BCUT2D eigenvalue weighted by atomic mass is 32.2. The maximum Gasteiger partial charge on any atom is 0.256 e. The number of piperidine rings is 1. The summed E-state index contributed by atoms with van der Waals surface area (Å²) >= 11 is 0. The molecule has 5 rings (SSSR count). The second kappa shape index (κ2) is 6.84. The van der Waals surface area contributed by atoms with Crippen LogP contribution in [0.3, 0.4) is 0 Å². The van der Waals surface area contributed by atoms with Gasteiger partial charge in [-0.15, -0.1) is 4.40 Å². The summed E-state index contributed by atoms with van der Waals surface area (Å²) in [6.45, 7) is 1.56. The SMILES string of the molecule is O=C(C1=CN2CCS(=O)(=O)N=C2C=C1)N1CCC(c2nc3ccccc3o2)CC1. The lowest BCUT2D eigenvalue weighted by molar-refractivity contribution is -0.127. The number of aromatic nitrogens is 1. The Labute approximate surface area is 168 Å². The number of rotatable bonds is 2. The van der Waals surface area contributed by atoms with E-state index in [2.05, 4.69) is 9.38 Å². The van der Waals surface area contributed by atoms with Crippen molar-refractivity contribution in [2.24, 2.45) is 4.40 Å². The molecule has 0 aliphatic carbocycles. The van der Waals surface area contributed by atoms with Gasteiger partial charge in [-0.05, 0) is 37.1 Å². The van der Waals surface area contributed by atoms with Crippen molar-refractivity contribution >= 4 is 32.9 Å². The van der Waals surface area contributed by atoms with Gasteiger partial charge in [-0.25, -0.2) is 13.4 Å². The molecule has 1 aromatic heterocycles. The van der Waals surface area contributed by atoms with E-state index in [-0.39, 0.29) is 17.6 Å². The molecule has 3 aliphatic rings. The fourth-order valence-corrected chi connectivity index (χ4v) is 4.87. The predicted octanol–water partition coefficient (Wildman–Crippen LogP) is 2.03. The third-order valence-corrected chi connectivity index (χ3v) is 6.68. The minimum atomic E-state index is -3.40. The van der Waals surface area contributed by atoms with Crippen LogP contribution < -0.4 is 0 Å². The Morgan fingerprint density at radius 3 is 2.69 bits per heavy atom. The lowest BCUT2D eigenvalue weighted by atomic mass is 9.96. The Morgan fingerprint density at radius 2 is 1.90 bits per heavy atom. The van der Waals surface area contributed by atoms with Crippen molar-refractivity contribution in [1.82, 2.24) is 14.8 Å². The Morgan fingerprint density at radius 1 is 1.10 bits per heavy atom. The molecule has 29 heavy (non-hydrogen) atoms. The quantitative estimate of drug-likeness (QED) is 0.749. The number of carbonyl (C=O) groups excluding carboxylic acids is 1. The molecule has 0 atom stereocenters. The number of nitrogens with zero attached hydrogens (tertiary/aromatic N) is 4. The molecule has 1 fully saturated rings. The van der Waals surface area contributed by atoms with Gasteiger partial charge in [0.2, 0.25) is 0 Å². The first-order valence-corrected chi connectivity index (χ1v) is 11.2. The topological polar surface area (TPSA) is 96.1 Å². The van der Waals surface area contributed by atoms with Crippen LogP contribution in [0.4, 0.5) is 0 Å². The molecule has 0 radical (unpaired) electrons. The lowest BCUT2D eigenvalue weighted by Crippen LogP contribution is -2.41. The minimum absolute atomic E-state index is 0.0434. The van der Waals surface area contributed by atoms with Crippen LogP contribution in [0.25, 0.3) is 11.1 Å². The van der Waals surface area contributed by atoms with Crippen LogP contribution in [0.5, 0.6) is 0 Å². The molecule has 0 saturated carbocycles. The Balaban J connectivity index is 1.26. The molecular weight excluding hydrogens is 392 g/mol. The van der Waals surface area contributed by atoms with Crippen LogP contribution in [0.1, 0.15) is 24.7 Å². The molecule has 1 saturated heterocycles. The van der Waals surface area contributed by atoms with Gasteiger partial charge in [0.15, 0.2) is 11.5 Å². The molecule has 4 heterocycles. The van der Waals surface area contributed by atoms with Gasteiger partial charge in [-0.3, -0.25) is 4.79 Å². The number of benzene rings is 1. The largest absolute Gasteiger partial charge is 0.440 e. The zero-order valence-electron chi connectivity index (χ0n) is 15.7. The number of carbonyl (C=O) groups is 1. The summed E-state index contributed by atoms with van der Waals surface area (Å²) in [5, 5.41) is 0. The van der Waals surface area contributed by atoms with E-state index in [0.717, 1.165) is 29.8 Å². The number of amidine groups is 1. The van der Waals surface area contributed by atoms with Crippen LogP contribution in [0, 0.1) is 0 Å². The summed E-state index contributed by atoms with van der Waals surface area (Å²) in [6.07, 6.45) is 6.53. The summed E-state index contributed by atoms with van der Waals surface area (Å²) < 4.78 is 32.9. The van der Waals surface area contributed by atoms with Crippen molar-refractivity contribution in [3.63, 3.8) is 0 Å². The van der Waals surface area contributed by atoms with Gasteiger partial charge in [0, 0.05) is 31.8 Å². The highest BCUT2D eigenvalue weighted by Crippen LogP contribution is 2.30. The molecule has 0 bridgehead atoms. The van der Waals surface area contributed by atoms with E-state index in [0.29, 0.717) is 31.0 Å². The van der Waals surface area contributed by atoms with Crippen molar-refractivity contribution in [2.45, 2.75) is 18.8 Å². The summed E-state index contributed by atoms with van der Waals surface area (Å²) in [5.74, 6) is 1.21. The Bertz CT molecular complexity index is 1140. The Hall–Kier alpha value is -2.94. The predicted molar refractivity (Wildman–Crippen MR) is 108 cm³/mol. The normalized spacial score (nSPS) is 21.7. The molecule has 9 heteroatoms. The van der Waals surface area contributed by atoms with Crippen LogP contribution in [0.15, 0.2) is 57.0 Å². The summed E-state index contributed by atoms with van der Waals surface area (Å²) in [5.41, 5.74) is 2.20. The number of sulfonamides is 1. The lowest BCUT2D eigenvalue weighted by Gasteiger charge is -2.32. The van der Waals surface area contributed by atoms with Gasteiger partial charge >= 0.3 is 0 Å². The smallest absolute Gasteiger partial charge is 0.256 e. The first-order chi connectivity index (χ1) is 14.0. The van der Waals surface area contributed by atoms with Crippen molar-refractivity contribution in [2.75, 3.05) is 25.4 Å². The number of hydrogen-bond acceptors (Lipinski definition) is 6. The molecule has 150 valence electrons. The molecule has 0 unspecified atom stereocenters. The van der Waals surface area contributed by atoms with E-state index < -0.39 is 10.0 Å². The fourth-order valence-electron chi connectivity index (χ4n) is 3.90. The maximum absolute atomic E-state index is 12.9. The second-order valence-electron chi connectivity index (χ2n) is 7.43. The van der Waals surface area contributed by atoms with Crippen LogP contribution in [-0.4, -0.2) is 60.3 Å². The molecule has 8 nitrogen and oxygen atoms in total. The van der Waals surface area contributed by atoms with Gasteiger partial charge in [-0.1, -0.05) is 12.1 Å². The van der Waals surface area contributed by atoms with E-state index >= 15 is 0 Å². The molecule has 0 spiro atoms. The molecule has 3 aliphatic heterocycles. The number of likely N-dealkylation sites (tertiary alicyclic amines) is 1. The standard InChI is InChI=1S/C20H20N4O4S/c25-20(15-5-6-18-22-29(26,27)12-11-24(18)13-15)23-9-7-14(8-10-23)19-21-16-3-1-2-4-17(16)28-19/h1-6,13-14H,7-12H2. The van der Waals surface area contributed by atoms with E-state index in [1.807, 2.05) is 29.2 Å². The van der Waals surface area contributed by atoms with Crippen molar-refractivity contribution in [3.8, 4) is 0 Å².